The summed E-state index contributed by atoms with van der Waals surface area (Å²) in [6, 6.07) is -3.58. The van der Waals surface area contributed by atoms with Gasteiger partial charge in [0.1, 0.15) is 18.3 Å². The van der Waals surface area contributed by atoms with Gasteiger partial charge in [0.05, 0.1) is 95.8 Å². The third kappa shape index (κ3) is 24.2. The van der Waals surface area contributed by atoms with E-state index in [1.807, 2.05) is 6.92 Å². The van der Waals surface area contributed by atoms with Crippen molar-refractivity contribution in [3.8, 4) is 0 Å². The summed E-state index contributed by atoms with van der Waals surface area (Å²) in [6.07, 6.45) is -9.25. The molecule has 0 radical (unpaired) electrons. The number of aliphatic imine (C=N–C) groups is 2. The number of nitrogens with one attached hydrogen (secondary N) is 5. The quantitative estimate of drug-likeness (QED) is 0.0157. The van der Waals surface area contributed by atoms with Gasteiger partial charge in [0.25, 0.3) is 0 Å². The van der Waals surface area contributed by atoms with Crippen LogP contribution in [0.2, 0.25) is 0 Å². The number of guanidine groups is 2. The molecule has 0 saturated carbocycles. The highest BCUT2D eigenvalue weighted by molar-refractivity contribution is 5.90. The Labute approximate surface area is 483 Å². The first-order valence-corrected chi connectivity index (χ1v) is 26.8. The molecule has 12 atom stereocenters. The molecule has 0 aromatic heterocycles. The fraction of sp³-hybridized carbons (Fsp3) is 0.714. The minimum absolute atomic E-state index is 0. The lowest BCUT2D eigenvalue weighted by atomic mass is 9.87. The molecule has 34 nitrogen and oxygen atoms in total. The number of hydrogen-bond donors (Lipinski definition) is 15. The first-order chi connectivity index (χ1) is 39.5. The summed E-state index contributed by atoms with van der Waals surface area (Å²) in [5, 5.41) is 73.0. The molecular weight excluding hydrogens is 1110 g/mol. The highest BCUT2D eigenvalue weighted by Crippen LogP contribution is 2.31. The Morgan fingerprint density at radius 2 is 1.06 bits per heavy atom. The number of aliphatic carboxylic acids is 2. The molecule has 3 aliphatic rings. The van der Waals surface area contributed by atoms with E-state index in [9.17, 15) is 69.0 Å². The van der Waals surface area contributed by atoms with E-state index in [-0.39, 0.29) is 90.0 Å². The zero-order valence-electron chi connectivity index (χ0n) is 46.6. The van der Waals surface area contributed by atoms with Gasteiger partial charge < -0.3 is 123 Å². The first-order valence-electron chi connectivity index (χ1n) is 26.8. The van der Waals surface area contributed by atoms with Crippen molar-refractivity contribution >= 4 is 59.7 Å². The Balaban J connectivity index is 0. The van der Waals surface area contributed by atoms with Gasteiger partial charge in [0.15, 0.2) is 30.2 Å². The van der Waals surface area contributed by atoms with Crippen molar-refractivity contribution in [2.24, 2.45) is 50.7 Å². The van der Waals surface area contributed by atoms with Gasteiger partial charge in [-0.1, -0.05) is 13.8 Å². The van der Waals surface area contributed by atoms with E-state index in [0.717, 1.165) is 25.5 Å². The molecule has 6 amide bonds. The van der Waals surface area contributed by atoms with Crippen molar-refractivity contribution in [3.05, 3.63) is 23.7 Å². The molecule has 34 heteroatoms. The van der Waals surface area contributed by atoms with E-state index in [1.165, 1.54) is 4.90 Å². The van der Waals surface area contributed by atoms with Crippen molar-refractivity contribution in [1.29, 1.82) is 0 Å². The van der Waals surface area contributed by atoms with Crippen molar-refractivity contribution < 1.29 is 113 Å². The maximum atomic E-state index is 13.8. The van der Waals surface area contributed by atoms with Gasteiger partial charge in [-0.15, -0.1) is 0 Å². The minimum atomic E-state index is -1.88. The van der Waals surface area contributed by atoms with Gasteiger partial charge in [0.2, 0.25) is 35.1 Å². The number of likely N-dealkylation sites (tertiary alicyclic amines) is 1. The van der Waals surface area contributed by atoms with Crippen LogP contribution in [0.1, 0.15) is 52.2 Å². The van der Waals surface area contributed by atoms with Crippen LogP contribution in [0.5, 0.6) is 0 Å². The maximum Gasteiger partial charge on any atom is 0.407 e. The van der Waals surface area contributed by atoms with Crippen LogP contribution < -0.4 is 49.5 Å². The molecule has 0 unspecified atom stereocenters. The third-order valence-electron chi connectivity index (χ3n) is 12.7. The van der Waals surface area contributed by atoms with E-state index in [0.29, 0.717) is 33.0 Å². The number of aliphatic hydroxyl groups excluding tert-OH is 4. The van der Waals surface area contributed by atoms with Gasteiger partial charge in [-0.2, -0.15) is 0 Å². The van der Waals surface area contributed by atoms with E-state index in [1.54, 1.807) is 6.92 Å². The molecule has 1 saturated heterocycles. The predicted molar refractivity (Wildman–Crippen MR) is 295 cm³/mol. The molecule has 3 aliphatic heterocycles. The Kier molecular flexibility index (Phi) is 31.2. The summed E-state index contributed by atoms with van der Waals surface area (Å²) in [4.78, 5) is 112. The zero-order chi connectivity index (χ0) is 61.6. The smallest absolute Gasteiger partial charge is 0.407 e. The zero-order valence-corrected chi connectivity index (χ0v) is 46.6. The number of nitrogens with two attached hydrogens (primary N) is 4. The largest absolute Gasteiger partial charge is 0.479 e. The molecule has 1 fully saturated rings. The number of nitrogens with zero attached hydrogens (tertiary/aromatic N) is 3. The van der Waals surface area contributed by atoms with Crippen LogP contribution in [0.3, 0.4) is 0 Å². The number of ether oxygens (including phenoxy) is 8. The Morgan fingerprint density at radius 3 is 1.49 bits per heavy atom. The van der Waals surface area contributed by atoms with Gasteiger partial charge >= 0.3 is 24.1 Å². The van der Waals surface area contributed by atoms with E-state index in [2.05, 4.69) is 36.6 Å². The molecule has 0 aromatic carbocycles. The Hall–Kier alpha value is -7.34. The van der Waals surface area contributed by atoms with E-state index >= 15 is 0 Å². The number of alkyl carbamates (subject to hydrolysis) is 2. The van der Waals surface area contributed by atoms with Crippen LogP contribution in [0, 0.1) is 17.8 Å². The predicted octanol–water partition coefficient (Wildman–Crippen LogP) is -5.02. The molecule has 478 valence electrons. The monoisotopic (exact) mass is 1200 g/mol. The van der Waals surface area contributed by atoms with Crippen LogP contribution in [-0.4, -0.2) is 255 Å². The van der Waals surface area contributed by atoms with Crippen LogP contribution in [-0.2, 0) is 66.7 Å². The van der Waals surface area contributed by atoms with Crippen LogP contribution in [0.15, 0.2) is 33.7 Å². The SMILES string of the molecule is CCCOCCOCCOCCOCCC(=O)N1C[C@@H](C(=O)NCCCNC(=O)O[C@@H]([C@@H]2OC(C(=O)O)=C[C@H](N=C(N)N)[C@H]2C)[C@H](O)CO)[C@H](C(=O)NCCCNC(=O)O[C@@H]([C@@H]2OC(C(=O)O)=C[C@H](N=C(N)N)[C@H]2NC(C)=O)[C@H](O)CO)C1.[HH].[HH].[HH].[HH]. The number of rotatable bonds is 37. The number of aliphatic hydroxyl groups is 4. The van der Waals surface area contributed by atoms with Crippen molar-refractivity contribution in [3.63, 3.8) is 0 Å². The average Bonchev–Trinajstić information content (AvgIpc) is 1.67. The third-order valence-corrected chi connectivity index (χ3v) is 12.7. The number of carboxylic acid groups (broad SMARTS) is 2. The van der Waals surface area contributed by atoms with E-state index < -0.39 is 151 Å². The van der Waals surface area contributed by atoms with Crippen LogP contribution in [0.4, 0.5) is 9.59 Å². The first kappa shape index (κ1) is 69.9. The van der Waals surface area contributed by atoms with Crippen LogP contribution >= 0.6 is 0 Å². The second kappa shape index (κ2) is 37.0. The molecule has 0 aliphatic carbocycles. The summed E-state index contributed by atoms with van der Waals surface area (Å²) in [5.41, 5.74) is 22.1. The molecule has 0 bridgehead atoms. The summed E-state index contributed by atoms with van der Waals surface area (Å²) >= 11 is 0. The summed E-state index contributed by atoms with van der Waals surface area (Å²) in [6.45, 7) is 4.69. The van der Waals surface area contributed by atoms with Gasteiger partial charge in [0, 0.05) is 64.4 Å². The van der Waals surface area contributed by atoms with Crippen molar-refractivity contribution in [2.75, 3.05) is 105 Å². The highest BCUT2D eigenvalue weighted by atomic mass is 16.6. The summed E-state index contributed by atoms with van der Waals surface area (Å²) < 4.78 is 43.7. The highest BCUT2D eigenvalue weighted by Gasteiger charge is 2.48. The molecule has 0 spiro atoms. The number of carbonyl (C=O) groups is 8. The molecular formula is C49H90N12O22. The fourth-order valence-corrected chi connectivity index (χ4v) is 8.68. The van der Waals surface area contributed by atoms with E-state index in [4.69, 9.17) is 60.8 Å². The minimum Gasteiger partial charge on any atom is -0.479 e. The van der Waals surface area contributed by atoms with Crippen molar-refractivity contribution in [2.45, 2.75) is 101 Å². The van der Waals surface area contributed by atoms with Crippen molar-refractivity contribution in [1.82, 2.24) is 31.5 Å². The van der Waals surface area contributed by atoms with Crippen LogP contribution in [0.25, 0.3) is 0 Å². The second-order valence-electron chi connectivity index (χ2n) is 19.1. The number of carboxylic acids is 2. The number of hydrogen-bond acceptors (Lipinski definition) is 22. The Bertz CT molecular complexity index is 2280. The van der Waals surface area contributed by atoms with Gasteiger partial charge in [-0.3, -0.25) is 19.2 Å². The fourth-order valence-electron chi connectivity index (χ4n) is 8.68. The van der Waals surface area contributed by atoms with Gasteiger partial charge in [-0.05, 0) is 31.4 Å². The Morgan fingerprint density at radius 1 is 0.651 bits per heavy atom. The second-order valence-corrected chi connectivity index (χ2v) is 19.1. The molecule has 3 heterocycles. The lowest BCUT2D eigenvalue weighted by Gasteiger charge is -2.39. The molecule has 0 aromatic rings. The summed E-state index contributed by atoms with van der Waals surface area (Å²) in [5.74, 6) is -10.5. The summed E-state index contributed by atoms with van der Waals surface area (Å²) in [7, 11) is 0. The molecule has 83 heavy (non-hydrogen) atoms. The number of amides is 6. The normalized spacial score (nSPS) is 22.5. The maximum absolute atomic E-state index is 13.8. The lowest BCUT2D eigenvalue weighted by molar-refractivity contribution is -0.147. The average molecular weight is 1200 g/mol. The standard InChI is InChI=1S/C49H82N12O22.4H2/c1-4-12-76-14-16-78-18-19-79-17-15-77-13-7-36(67)61-22-28(42(68)54-8-5-10-56-48(74)82-39(32(65)24-62)38-26(2)30(59-46(50)51)20-34(80-38)44(70)71)29(23-61)43(69)55-9-6-11-57-49(75)83-40(33(66)25-63)41-37(58-27(3)64)31(60-47(52)53)21-35(81-41)45(72)73;;;;/h20-21,26,28-33,37-41,62-63,65-66H,4-19,22-25H2,1-3H3,(H,54,68)(H,55,69)(H,56,74)(H,57,75)(H,58,64)(H,70,71)(H,72,73)(H4,50,51,59)(H4,52,53,60);4*1H/t26-,28-,29-,30+,31+,32-,33-,37-,38-,39-,40-,41-;;;;/m1..../s1. The lowest BCUT2D eigenvalue weighted by Crippen LogP contribution is -2.61. The molecule has 19 N–H and O–H groups in total. The van der Waals surface area contributed by atoms with Gasteiger partial charge in [-0.25, -0.2) is 29.2 Å². The topological polar surface area (TPSA) is 524 Å². The number of carbonyl (C=O) groups excluding carboxylic acids is 6. The molecule has 3 rings (SSSR count).